The second kappa shape index (κ2) is 6.19. The standard InChI is InChI=1S/C15H16ClN5O/c1-17-13-5-6-18-15(20-13)19-11-8-14(22)21(9-11)12-4-2-3-10(16)7-12/h2-7,11H,8-9H2,1H3,(H2,17,18,19,20). The number of carbonyl (C=O) groups is 1. The van der Waals surface area contributed by atoms with Crippen LogP contribution in [0.2, 0.25) is 5.02 Å². The van der Waals surface area contributed by atoms with E-state index in [-0.39, 0.29) is 11.9 Å². The number of nitrogens with one attached hydrogen (secondary N) is 2. The molecule has 0 spiro atoms. The lowest BCUT2D eigenvalue weighted by molar-refractivity contribution is -0.117. The van der Waals surface area contributed by atoms with Crippen molar-refractivity contribution in [1.29, 1.82) is 0 Å². The fourth-order valence-electron chi connectivity index (χ4n) is 2.45. The zero-order chi connectivity index (χ0) is 15.5. The highest BCUT2D eigenvalue weighted by Crippen LogP contribution is 2.25. The lowest BCUT2D eigenvalue weighted by atomic mass is 10.2. The van der Waals surface area contributed by atoms with Gasteiger partial charge in [0.2, 0.25) is 11.9 Å². The van der Waals surface area contributed by atoms with E-state index in [1.807, 2.05) is 12.1 Å². The van der Waals surface area contributed by atoms with E-state index in [2.05, 4.69) is 20.6 Å². The molecule has 1 fully saturated rings. The van der Waals surface area contributed by atoms with Gasteiger partial charge in [-0.3, -0.25) is 4.79 Å². The molecule has 0 aliphatic carbocycles. The van der Waals surface area contributed by atoms with Crippen LogP contribution in [-0.2, 0) is 4.79 Å². The number of aromatic nitrogens is 2. The van der Waals surface area contributed by atoms with E-state index in [1.165, 1.54) is 0 Å². The first-order valence-corrected chi connectivity index (χ1v) is 7.37. The summed E-state index contributed by atoms with van der Waals surface area (Å²) >= 11 is 5.99. The van der Waals surface area contributed by atoms with Crippen LogP contribution in [0, 0.1) is 0 Å². The molecule has 6 nitrogen and oxygen atoms in total. The largest absolute Gasteiger partial charge is 0.373 e. The summed E-state index contributed by atoms with van der Waals surface area (Å²) in [5, 5.41) is 6.78. The van der Waals surface area contributed by atoms with E-state index < -0.39 is 0 Å². The number of halogens is 1. The fraction of sp³-hybridized carbons (Fsp3) is 0.267. The van der Waals surface area contributed by atoms with Crippen LogP contribution in [0.5, 0.6) is 0 Å². The molecule has 1 aromatic carbocycles. The van der Waals surface area contributed by atoms with E-state index in [4.69, 9.17) is 11.6 Å². The first-order valence-electron chi connectivity index (χ1n) is 6.99. The van der Waals surface area contributed by atoms with E-state index in [0.29, 0.717) is 23.9 Å². The topological polar surface area (TPSA) is 70.2 Å². The Labute approximate surface area is 133 Å². The Hall–Kier alpha value is -2.34. The molecule has 7 heteroatoms. The van der Waals surface area contributed by atoms with Crippen molar-refractivity contribution in [3.63, 3.8) is 0 Å². The van der Waals surface area contributed by atoms with Crippen LogP contribution >= 0.6 is 11.6 Å². The molecule has 1 amide bonds. The van der Waals surface area contributed by atoms with Crippen LogP contribution in [0.1, 0.15) is 6.42 Å². The number of carbonyl (C=O) groups excluding carboxylic acids is 1. The van der Waals surface area contributed by atoms with Gasteiger partial charge < -0.3 is 15.5 Å². The molecule has 1 aromatic heterocycles. The third-order valence-corrected chi connectivity index (χ3v) is 3.72. The number of benzene rings is 1. The highest BCUT2D eigenvalue weighted by Gasteiger charge is 2.31. The van der Waals surface area contributed by atoms with Gasteiger partial charge in [-0.2, -0.15) is 4.98 Å². The summed E-state index contributed by atoms with van der Waals surface area (Å²) in [6, 6.07) is 9.05. The summed E-state index contributed by atoms with van der Waals surface area (Å²) < 4.78 is 0. The van der Waals surface area contributed by atoms with Crippen molar-refractivity contribution in [3.8, 4) is 0 Å². The van der Waals surface area contributed by atoms with Gasteiger partial charge in [0.15, 0.2) is 0 Å². The van der Waals surface area contributed by atoms with Crippen LogP contribution in [-0.4, -0.2) is 35.5 Å². The van der Waals surface area contributed by atoms with Gasteiger partial charge in [-0.05, 0) is 24.3 Å². The highest BCUT2D eigenvalue weighted by molar-refractivity contribution is 6.30. The fourth-order valence-corrected chi connectivity index (χ4v) is 2.63. The minimum atomic E-state index is -0.0291. The summed E-state index contributed by atoms with van der Waals surface area (Å²) in [5.41, 5.74) is 0.812. The highest BCUT2D eigenvalue weighted by atomic mass is 35.5. The zero-order valence-electron chi connectivity index (χ0n) is 12.1. The minimum absolute atomic E-state index is 0.0291. The van der Waals surface area contributed by atoms with Gasteiger partial charge in [0.25, 0.3) is 0 Å². The molecule has 1 aliphatic heterocycles. The lowest BCUT2D eigenvalue weighted by Crippen LogP contribution is -2.28. The van der Waals surface area contributed by atoms with Gasteiger partial charge in [0.1, 0.15) is 5.82 Å². The summed E-state index contributed by atoms with van der Waals surface area (Å²) in [5.74, 6) is 1.30. The van der Waals surface area contributed by atoms with Crippen molar-refractivity contribution in [2.75, 3.05) is 29.1 Å². The molecule has 2 aromatic rings. The van der Waals surface area contributed by atoms with Crippen molar-refractivity contribution in [2.24, 2.45) is 0 Å². The first-order chi connectivity index (χ1) is 10.7. The molecule has 0 saturated carbocycles. The minimum Gasteiger partial charge on any atom is -0.373 e. The maximum Gasteiger partial charge on any atom is 0.229 e. The van der Waals surface area contributed by atoms with Crippen LogP contribution < -0.4 is 15.5 Å². The third kappa shape index (κ3) is 3.12. The second-order valence-corrected chi connectivity index (χ2v) is 5.48. The molecule has 1 unspecified atom stereocenters. The molecule has 2 N–H and O–H groups in total. The van der Waals surface area contributed by atoms with Gasteiger partial charge in [0, 0.05) is 36.9 Å². The molecule has 3 rings (SSSR count). The van der Waals surface area contributed by atoms with Gasteiger partial charge in [-0.25, -0.2) is 4.98 Å². The smallest absolute Gasteiger partial charge is 0.229 e. The monoisotopic (exact) mass is 317 g/mol. The Bertz CT molecular complexity index is 693. The summed E-state index contributed by atoms with van der Waals surface area (Å²) in [6.45, 7) is 0.562. The van der Waals surface area contributed by atoms with Crippen LogP contribution in [0.3, 0.4) is 0 Å². The average molecular weight is 318 g/mol. The van der Waals surface area contributed by atoms with Gasteiger partial charge >= 0.3 is 0 Å². The summed E-state index contributed by atoms with van der Waals surface area (Å²) in [4.78, 5) is 22.4. The number of rotatable bonds is 4. The van der Waals surface area contributed by atoms with E-state index in [9.17, 15) is 4.79 Å². The lowest BCUT2D eigenvalue weighted by Gasteiger charge is -2.17. The van der Waals surface area contributed by atoms with Gasteiger partial charge in [-0.15, -0.1) is 0 Å². The van der Waals surface area contributed by atoms with Gasteiger partial charge in [0.05, 0.1) is 6.04 Å². The Morgan fingerprint density at radius 2 is 2.23 bits per heavy atom. The molecule has 22 heavy (non-hydrogen) atoms. The van der Waals surface area contributed by atoms with E-state index >= 15 is 0 Å². The first kappa shape index (κ1) is 14.6. The molecular formula is C15H16ClN5O. The Morgan fingerprint density at radius 3 is 3.00 bits per heavy atom. The van der Waals surface area contributed by atoms with Crippen LogP contribution in [0.15, 0.2) is 36.5 Å². The van der Waals surface area contributed by atoms with Crippen LogP contribution in [0.25, 0.3) is 0 Å². The van der Waals surface area contributed by atoms with Gasteiger partial charge in [-0.1, -0.05) is 17.7 Å². The predicted molar refractivity (Wildman–Crippen MR) is 87.4 cm³/mol. The normalized spacial score (nSPS) is 17.6. The summed E-state index contributed by atoms with van der Waals surface area (Å²) in [7, 11) is 1.80. The molecule has 1 aliphatic rings. The Kier molecular flexibility index (Phi) is 4.11. The number of anilines is 3. The molecule has 0 radical (unpaired) electrons. The Balaban J connectivity index is 1.71. The molecule has 114 valence electrons. The van der Waals surface area contributed by atoms with E-state index in [0.717, 1.165) is 11.5 Å². The van der Waals surface area contributed by atoms with E-state index in [1.54, 1.807) is 36.3 Å². The van der Waals surface area contributed by atoms with Crippen molar-refractivity contribution >= 4 is 35.0 Å². The molecular weight excluding hydrogens is 302 g/mol. The maximum atomic E-state index is 12.2. The maximum absolute atomic E-state index is 12.2. The second-order valence-electron chi connectivity index (χ2n) is 5.05. The zero-order valence-corrected chi connectivity index (χ0v) is 12.8. The molecule has 0 bridgehead atoms. The quantitative estimate of drug-likeness (QED) is 0.906. The third-order valence-electron chi connectivity index (χ3n) is 3.49. The predicted octanol–water partition coefficient (Wildman–Crippen LogP) is 2.39. The van der Waals surface area contributed by atoms with Crippen molar-refractivity contribution < 1.29 is 4.79 Å². The Morgan fingerprint density at radius 1 is 1.36 bits per heavy atom. The van der Waals surface area contributed by atoms with Crippen molar-refractivity contribution in [3.05, 3.63) is 41.6 Å². The average Bonchev–Trinajstić information content (AvgIpc) is 2.88. The molecule has 1 atom stereocenters. The number of nitrogens with zero attached hydrogens (tertiary/aromatic N) is 3. The number of amides is 1. The molecule has 2 heterocycles. The number of hydrogen-bond donors (Lipinski definition) is 2. The van der Waals surface area contributed by atoms with Crippen LogP contribution in [0.4, 0.5) is 17.5 Å². The van der Waals surface area contributed by atoms with Crippen molar-refractivity contribution in [1.82, 2.24) is 9.97 Å². The van der Waals surface area contributed by atoms with Crippen molar-refractivity contribution in [2.45, 2.75) is 12.5 Å². The number of hydrogen-bond acceptors (Lipinski definition) is 5. The molecule has 1 saturated heterocycles. The SMILES string of the molecule is CNc1ccnc(NC2CC(=O)N(c3cccc(Cl)c3)C2)n1. The summed E-state index contributed by atoms with van der Waals surface area (Å²) in [6.07, 6.45) is 2.08.